The maximum absolute atomic E-state index is 12.4. The number of amides is 1. The summed E-state index contributed by atoms with van der Waals surface area (Å²) in [7, 11) is 1.80. The van der Waals surface area contributed by atoms with Crippen molar-refractivity contribution in [3.63, 3.8) is 0 Å². The predicted octanol–water partition coefficient (Wildman–Crippen LogP) is 2.36. The first-order valence-electron chi connectivity index (χ1n) is 11.7. The molecule has 2 aliphatic heterocycles. The molecule has 180 valence electrons. The average Bonchev–Trinajstić information content (AvgIpc) is 3.11. The number of morpholine rings is 1. The lowest BCUT2D eigenvalue weighted by Gasteiger charge is -2.35. The van der Waals surface area contributed by atoms with E-state index < -0.39 is 0 Å². The smallest absolute Gasteiger partial charge is 0.223 e. The topological polar surface area (TPSA) is 69.2 Å². The highest BCUT2D eigenvalue weighted by atomic mass is 127. The largest absolute Gasteiger partial charge is 0.373 e. The summed E-state index contributed by atoms with van der Waals surface area (Å²) in [5.74, 6) is 1.41. The second kappa shape index (κ2) is 14.0. The zero-order valence-electron chi connectivity index (χ0n) is 19.8. The van der Waals surface area contributed by atoms with Crippen LogP contribution in [0.5, 0.6) is 0 Å². The number of nitrogens with one attached hydrogen (secondary N) is 2. The van der Waals surface area contributed by atoms with Gasteiger partial charge in [-0.25, -0.2) is 0 Å². The zero-order chi connectivity index (χ0) is 22.1. The van der Waals surface area contributed by atoms with Crippen LogP contribution in [0.25, 0.3) is 0 Å². The Labute approximate surface area is 210 Å². The summed E-state index contributed by atoms with van der Waals surface area (Å²) in [6, 6.07) is 10.4. The molecule has 0 bridgehead atoms. The third-order valence-electron chi connectivity index (χ3n) is 6.03. The molecular formula is C24H40IN5O2. The number of guanidine groups is 1. The first-order chi connectivity index (χ1) is 15.0. The fraction of sp³-hybridized carbons (Fsp3) is 0.667. The van der Waals surface area contributed by atoms with E-state index in [1.54, 1.807) is 7.05 Å². The van der Waals surface area contributed by atoms with E-state index >= 15 is 0 Å². The van der Waals surface area contributed by atoms with Crippen molar-refractivity contribution in [2.45, 2.75) is 45.3 Å². The summed E-state index contributed by atoms with van der Waals surface area (Å²) >= 11 is 0. The number of hydrogen-bond acceptors (Lipinski definition) is 4. The van der Waals surface area contributed by atoms with Crippen LogP contribution in [-0.4, -0.2) is 86.7 Å². The van der Waals surface area contributed by atoms with Crippen molar-refractivity contribution in [3.05, 3.63) is 35.9 Å². The van der Waals surface area contributed by atoms with Crippen LogP contribution >= 0.6 is 24.0 Å². The number of halogens is 1. The van der Waals surface area contributed by atoms with Gasteiger partial charge in [0.2, 0.25) is 5.91 Å². The maximum Gasteiger partial charge on any atom is 0.223 e. The van der Waals surface area contributed by atoms with E-state index in [0.717, 1.165) is 64.6 Å². The Kier molecular flexibility index (Phi) is 11.7. The van der Waals surface area contributed by atoms with E-state index in [9.17, 15) is 4.79 Å². The van der Waals surface area contributed by atoms with Gasteiger partial charge in [0.05, 0.1) is 12.2 Å². The lowest BCUT2D eigenvalue weighted by Crippen LogP contribution is -2.46. The molecule has 2 N–H and O–H groups in total. The van der Waals surface area contributed by atoms with Gasteiger partial charge < -0.3 is 20.3 Å². The van der Waals surface area contributed by atoms with Crippen molar-refractivity contribution in [2.24, 2.45) is 10.9 Å². The number of carbonyl (C=O) groups excluding carboxylic acids is 1. The molecule has 2 aliphatic rings. The van der Waals surface area contributed by atoms with Gasteiger partial charge in [0, 0.05) is 65.2 Å². The number of likely N-dealkylation sites (tertiary alicyclic amines) is 1. The molecule has 3 rings (SSSR count). The SMILES string of the molecule is CN=C(NCCCN1CC(C)OC(C)C1)NCC1CC(=O)N(CCc2ccccc2)C1.I. The van der Waals surface area contributed by atoms with Gasteiger partial charge in [0.25, 0.3) is 0 Å². The molecule has 0 spiro atoms. The van der Waals surface area contributed by atoms with E-state index in [2.05, 4.69) is 58.6 Å². The lowest BCUT2D eigenvalue weighted by molar-refractivity contribution is -0.127. The van der Waals surface area contributed by atoms with Crippen LogP contribution in [0.1, 0.15) is 32.3 Å². The summed E-state index contributed by atoms with van der Waals surface area (Å²) < 4.78 is 5.80. The minimum absolute atomic E-state index is 0. The molecule has 3 unspecified atom stereocenters. The van der Waals surface area contributed by atoms with Crippen LogP contribution in [0.3, 0.4) is 0 Å². The molecule has 7 nitrogen and oxygen atoms in total. The average molecular weight is 558 g/mol. The van der Waals surface area contributed by atoms with Gasteiger partial charge in [-0.1, -0.05) is 30.3 Å². The molecule has 2 heterocycles. The predicted molar refractivity (Wildman–Crippen MR) is 141 cm³/mol. The number of rotatable bonds is 9. The third-order valence-corrected chi connectivity index (χ3v) is 6.03. The Balaban J connectivity index is 0.00000363. The van der Waals surface area contributed by atoms with E-state index in [4.69, 9.17) is 4.74 Å². The van der Waals surface area contributed by atoms with Crippen molar-refractivity contribution in [1.29, 1.82) is 0 Å². The van der Waals surface area contributed by atoms with Gasteiger partial charge in [-0.3, -0.25) is 14.7 Å². The monoisotopic (exact) mass is 557 g/mol. The van der Waals surface area contributed by atoms with Gasteiger partial charge in [0.1, 0.15) is 0 Å². The quantitative estimate of drug-likeness (QED) is 0.211. The normalized spacial score (nSPS) is 24.3. The third kappa shape index (κ3) is 8.86. The van der Waals surface area contributed by atoms with Crippen molar-refractivity contribution in [1.82, 2.24) is 20.4 Å². The molecule has 8 heteroatoms. The van der Waals surface area contributed by atoms with Gasteiger partial charge in [0.15, 0.2) is 5.96 Å². The molecule has 3 atom stereocenters. The Bertz CT molecular complexity index is 708. The summed E-state index contributed by atoms with van der Waals surface area (Å²) in [6.45, 7) is 10.6. The Morgan fingerprint density at radius 2 is 1.81 bits per heavy atom. The molecule has 2 saturated heterocycles. The first kappa shape index (κ1) is 26.9. The Morgan fingerprint density at radius 1 is 1.09 bits per heavy atom. The number of hydrogen-bond donors (Lipinski definition) is 2. The highest BCUT2D eigenvalue weighted by Crippen LogP contribution is 2.17. The molecule has 1 amide bonds. The maximum atomic E-state index is 12.4. The molecule has 1 aromatic rings. The van der Waals surface area contributed by atoms with Gasteiger partial charge in [-0.05, 0) is 32.3 Å². The summed E-state index contributed by atoms with van der Waals surface area (Å²) in [5, 5.41) is 6.81. The molecule has 0 aromatic heterocycles. The van der Waals surface area contributed by atoms with Crippen molar-refractivity contribution in [2.75, 3.05) is 52.9 Å². The summed E-state index contributed by atoms with van der Waals surface area (Å²) in [4.78, 5) is 21.2. The first-order valence-corrected chi connectivity index (χ1v) is 11.7. The minimum Gasteiger partial charge on any atom is -0.373 e. The van der Waals surface area contributed by atoms with E-state index in [1.807, 2.05) is 11.0 Å². The highest BCUT2D eigenvalue weighted by Gasteiger charge is 2.29. The molecule has 0 radical (unpaired) electrons. The van der Waals surface area contributed by atoms with E-state index in [-0.39, 0.29) is 29.9 Å². The molecule has 2 fully saturated rings. The highest BCUT2D eigenvalue weighted by molar-refractivity contribution is 14.0. The Morgan fingerprint density at radius 3 is 2.50 bits per heavy atom. The second-order valence-electron chi connectivity index (χ2n) is 8.90. The molecule has 0 aliphatic carbocycles. The van der Waals surface area contributed by atoms with E-state index in [0.29, 0.717) is 24.5 Å². The van der Waals surface area contributed by atoms with Crippen LogP contribution in [0.2, 0.25) is 0 Å². The molecule has 32 heavy (non-hydrogen) atoms. The number of ether oxygens (including phenoxy) is 1. The van der Waals surface area contributed by atoms with Gasteiger partial charge >= 0.3 is 0 Å². The number of nitrogens with zero attached hydrogens (tertiary/aromatic N) is 3. The van der Waals surface area contributed by atoms with Crippen molar-refractivity contribution < 1.29 is 9.53 Å². The standard InChI is InChI=1S/C24H39N5O2.HI/c1-19-16-28(17-20(2)31-19)12-7-11-26-24(25-3)27-15-22-14-23(30)29(18-22)13-10-21-8-5-4-6-9-21;/h4-6,8-9,19-20,22H,7,10-18H2,1-3H3,(H2,25,26,27);1H. The number of benzene rings is 1. The lowest BCUT2D eigenvalue weighted by atomic mass is 10.1. The molecular weight excluding hydrogens is 517 g/mol. The molecule has 0 saturated carbocycles. The fourth-order valence-corrected chi connectivity index (χ4v) is 4.55. The second-order valence-corrected chi connectivity index (χ2v) is 8.90. The van der Waals surface area contributed by atoms with Crippen molar-refractivity contribution in [3.8, 4) is 0 Å². The number of carbonyl (C=O) groups is 1. The zero-order valence-corrected chi connectivity index (χ0v) is 22.1. The van der Waals surface area contributed by atoms with Crippen molar-refractivity contribution >= 4 is 35.8 Å². The van der Waals surface area contributed by atoms with Gasteiger partial charge in [-0.15, -0.1) is 24.0 Å². The van der Waals surface area contributed by atoms with E-state index in [1.165, 1.54) is 5.56 Å². The van der Waals surface area contributed by atoms with Crippen LogP contribution in [0, 0.1) is 5.92 Å². The van der Waals surface area contributed by atoms with Crippen LogP contribution in [0.15, 0.2) is 35.3 Å². The minimum atomic E-state index is 0. The van der Waals surface area contributed by atoms with Gasteiger partial charge in [-0.2, -0.15) is 0 Å². The summed E-state index contributed by atoms with van der Waals surface area (Å²) in [6.07, 6.45) is 3.22. The summed E-state index contributed by atoms with van der Waals surface area (Å²) in [5.41, 5.74) is 1.28. The number of aliphatic imine (C=N–C) groups is 1. The fourth-order valence-electron chi connectivity index (χ4n) is 4.55. The molecule has 1 aromatic carbocycles. The van der Waals surface area contributed by atoms with Crippen LogP contribution in [0.4, 0.5) is 0 Å². The van der Waals surface area contributed by atoms with Crippen LogP contribution < -0.4 is 10.6 Å². The van der Waals surface area contributed by atoms with Crippen LogP contribution in [-0.2, 0) is 16.0 Å². The Hall–Kier alpha value is -1.39.